The summed E-state index contributed by atoms with van der Waals surface area (Å²) in [7, 11) is 2.25. The number of halogens is 3. The molecule has 0 aliphatic heterocycles. The molecule has 0 bridgehead atoms. The van der Waals surface area contributed by atoms with E-state index < -0.39 is 0 Å². The van der Waals surface area contributed by atoms with Gasteiger partial charge in [-0.1, -0.05) is 11.6 Å². The van der Waals surface area contributed by atoms with Gasteiger partial charge in [0.15, 0.2) is 0 Å². The molecule has 0 saturated heterocycles. The summed E-state index contributed by atoms with van der Waals surface area (Å²) >= 11 is 5.57. The second kappa shape index (κ2) is 11.8. The fraction of sp³-hybridized carbons (Fsp3) is 0.111. The number of aromatic nitrogens is 4. The van der Waals surface area contributed by atoms with E-state index in [0.717, 1.165) is 7.11 Å². The van der Waals surface area contributed by atoms with Crippen molar-refractivity contribution in [2.45, 2.75) is 0 Å². The summed E-state index contributed by atoms with van der Waals surface area (Å²) in [6, 6.07) is 8.46. The molecule has 2 aromatic heterocycles. The fourth-order valence-electron chi connectivity index (χ4n) is 2.03. The molecule has 0 amide bonds. The summed E-state index contributed by atoms with van der Waals surface area (Å²) in [5, 5.41) is 8.52. The molecule has 4 rings (SSSR count). The number of ether oxygens (including phenoxy) is 1. The summed E-state index contributed by atoms with van der Waals surface area (Å²) in [5.41, 5.74) is 2.27. The van der Waals surface area contributed by atoms with Crippen molar-refractivity contribution >= 4 is 33.7 Å². The van der Waals surface area contributed by atoms with E-state index in [1.54, 1.807) is 12.1 Å². The van der Waals surface area contributed by atoms with Crippen molar-refractivity contribution in [3.8, 4) is 5.88 Å². The summed E-state index contributed by atoms with van der Waals surface area (Å²) in [6.07, 6.45) is 2.93. The summed E-state index contributed by atoms with van der Waals surface area (Å²) in [5.74, 6) is -0.271. The molecule has 140 valence electrons. The van der Waals surface area contributed by atoms with Crippen LogP contribution in [0.3, 0.4) is 0 Å². The first kappa shape index (κ1) is 24.1. The number of methoxy groups -OCH3 is 1. The molecule has 0 N–H and O–H groups in total. The molecule has 4 aromatic rings. The predicted molar refractivity (Wildman–Crippen MR) is 96.5 cm³/mol. The van der Waals surface area contributed by atoms with E-state index in [4.69, 9.17) is 21.4 Å². The van der Waals surface area contributed by atoms with Crippen LogP contribution < -0.4 is 39.4 Å². The molecular weight excluding hydrogens is 401 g/mol. The average Bonchev–Trinajstić information content (AvgIpc) is 2.69. The molecule has 0 saturated carbocycles. The normalized spacial score (nSPS) is 9.50. The second-order valence-corrected chi connectivity index (χ2v) is 5.26. The maximum Gasteiger partial charge on any atom is 1.00 e. The van der Waals surface area contributed by atoms with Crippen molar-refractivity contribution in [1.82, 2.24) is 19.9 Å². The van der Waals surface area contributed by atoms with Crippen LogP contribution >= 0.6 is 11.6 Å². The minimum atomic E-state index is -0.334. The third kappa shape index (κ3) is 6.57. The predicted octanol–water partition coefficient (Wildman–Crippen LogP) is 0.180. The summed E-state index contributed by atoms with van der Waals surface area (Å²) in [6.45, 7) is 0. The Kier molecular flexibility index (Phi) is 10.1. The van der Waals surface area contributed by atoms with Gasteiger partial charge in [0, 0.05) is 12.1 Å². The van der Waals surface area contributed by atoms with Crippen molar-refractivity contribution in [2.75, 3.05) is 14.2 Å². The van der Waals surface area contributed by atoms with Gasteiger partial charge in [-0.2, -0.15) is 7.11 Å². The SMILES string of the molecule is COc1cnc2ccc(F)cc2n1.C[O-].Fc1ccc2ncc(Cl)nc2c1.[Na+]. The Morgan fingerprint density at radius 2 is 1.32 bits per heavy atom. The van der Waals surface area contributed by atoms with E-state index in [9.17, 15) is 8.78 Å². The molecule has 0 unspecified atom stereocenters. The van der Waals surface area contributed by atoms with Crippen LogP contribution in [0.15, 0.2) is 48.8 Å². The van der Waals surface area contributed by atoms with Crippen LogP contribution in [0, 0.1) is 11.6 Å². The van der Waals surface area contributed by atoms with Crippen molar-refractivity contribution < 1.29 is 48.2 Å². The first-order valence-electron chi connectivity index (χ1n) is 7.50. The van der Waals surface area contributed by atoms with Crippen LogP contribution in [0.1, 0.15) is 0 Å². The maximum atomic E-state index is 12.8. The van der Waals surface area contributed by atoms with Gasteiger partial charge < -0.3 is 9.84 Å². The Labute approximate surface area is 186 Å². The minimum Gasteiger partial charge on any atom is -0.857 e. The standard InChI is InChI=1S/C9H7FN2O.C8H4ClFN2.CH3O.Na/c1-13-9-5-11-7-3-2-6(10)4-8(7)12-9;9-8-4-11-6-2-1-5(10)3-7(6)12-8;1-2;/h2-5H,1H3;1-4H;1H3;/q;;-1;+1. The minimum absolute atomic E-state index is 0. The Morgan fingerprint density at radius 1 is 0.821 bits per heavy atom. The van der Waals surface area contributed by atoms with Crippen molar-refractivity contribution in [2.24, 2.45) is 0 Å². The maximum absolute atomic E-state index is 12.8. The molecule has 28 heavy (non-hydrogen) atoms. The van der Waals surface area contributed by atoms with Crippen molar-refractivity contribution in [3.63, 3.8) is 0 Å². The van der Waals surface area contributed by atoms with Gasteiger partial charge in [-0.3, -0.25) is 4.98 Å². The molecule has 0 fully saturated rings. The Balaban J connectivity index is 0.000000250. The number of benzene rings is 2. The van der Waals surface area contributed by atoms with E-state index >= 15 is 0 Å². The van der Waals surface area contributed by atoms with Gasteiger partial charge >= 0.3 is 29.6 Å². The van der Waals surface area contributed by atoms with Crippen LogP contribution in [-0.2, 0) is 0 Å². The first-order valence-corrected chi connectivity index (χ1v) is 7.88. The molecular formula is C18H14ClF2N4NaO2. The molecule has 10 heteroatoms. The number of hydrogen-bond donors (Lipinski definition) is 0. The molecule has 6 nitrogen and oxygen atoms in total. The van der Waals surface area contributed by atoms with Crippen LogP contribution in [-0.4, -0.2) is 34.2 Å². The van der Waals surface area contributed by atoms with Crippen molar-refractivity contribution in [1.29, 1.82) is 0 Å². The Morgan fingerprint density at radius 3 is 1.86 bits per heavy atom. The van der Waals surface area contributed by atoms with E-state index in [0.29, 0.717) is 27.9 Å². The van der Waals surface area contributed by atoms with Gasteiger partial charge in [0.05, 0.1) is 41.6 Å². The summed E-state index contributed by atoms with van der Waals surface area (Å²) in [4.78, 5) is 15.9. The number of fused-ring (bicyclic) bond motifs is 2. The fourth-order valence-corrected chi connectivity index (χ4v) is 2.17. The number of hydrogen-bond acceptors (Lipinski definition) is 6. The summed E-state index contributed by atoms with van der Waals surface area (Å²) < 4.78 is 30.3. The van der Waals surface area contributed by atoms with E-state index in [-0.39, 0.29) is 46.3 Å². The largest absolute Gasteiger partial charge is 1.00 e. The topological polar surface area (TPSA) is 83.9 Å². The smallest absolute Gasteiger partial charge is 0.857 e. The second-order valence-electron chi connectivity index (χ2n) is 4.87. The zero-order valence-electron chi connectivity index (χ0n) is 15.4. The Bertz CT molecular complexity index is 1020. The molecule has 0 spiro atoms. The molecule has 0 radical (unpaired) electrons. The zero-order valence-corrected chi connectivity index (χ0v) is 18.1. The van der Waals surface area contributed by atoms with Crippen molar-refractivity contribution in [3.05, 3.63) is 65.6 Å². The monoisotopic (exact) mass is 414 g/mol. The first-order chi connectivity index (χ1) is 13.0. The van der Waals surface area contributed by atoms with Crippen LogP contribution in [0.2, 0.25) is 5.15 Å². The van der Waals surface area contributed by atoms with Crippen LogP contribution in [0.4, 0.5) is 8.78 Å². The van der Waals surface area contributed by atoms with Gasteiger partial charge in [-0.15, -0.1) is 0 Å². The molecule has 2 heterocycles. The number of rotatable bonds is 1. The van der Waals surface area contributed by atoms with E-state index in [1.807, 2.05) is 0 Å². The molecule has 0 aliphatic rings. The van der Waals surface area contributed by atoms with Gasteiger partial charge in [0.2, 0.25) is 5.88 Å². The quantitative estimate of drug-likeness (QED) is 0.413. The van der Waals surface area contributed by atoms with Crippen LogP contribution in [0.5, 0.6) is 5.88 Å². The number of nitrogens with zero attached hydrogens (tertiary/aromatic N) is 4. The van der Waals surface area contributed by atoms with Gasteiger partial charge in [-0.05, 0) is 24.3 Å². The third-order valence-electron chi connectivity index (χ3n) is 3.17. The van der Waals surface area contributed by atoms with Gasteiger partial charge in [0.25, 0.3) is 0 Å². The molecule has 2 aromatic carbocycles. The molecule has 0 atom stereocenters. The van der Waals surface area contributed by atoms with Crippen LogP contribution in [0.25, 0.3) is 22.1 Å². The molecule has 0 aliphatic carbocycles. The third-order valence-corrected chi connectivity index (χ3v) is 3.35. The van der Waals surface area contributed by atoms with E-state index in [1.165, 1.54) is 43.8 Å². The average molecular weight is 415 g/mol. The van der Waals surface area contributed by atoms with Gasteiger partial charge in [-0.25, -0.2) is 23.7 Å². The Hall–Kier alpha value is -1.97. The van der Waals surface area contributed by atoms with Gasteiger partial charge in [0.1, 0.15) is 16.8 Å². The zero-order chi connectivity index (χ0) is 19.8. The van der Waals surface area contributed by atoms with E-state index in [2.05, 4.69) is 19.9 Å².